The standard InChI is InChI=1S/C18H31N3/c1-5-15(4)18-11-20-17(10-14(2)3)13-21(18)12-16-6-8-19-9-7-16/h6-9,14-15,17-18,20H,5,10-13H2,1-4H3. The molecule has 0 amide bonds. The predicted octanol–water partition coefficient (Wildman–Crippen LogP) is 3.32. The summed E-state index contributed by atoms with van der Waals surface area (Å²) < 4.78 is 0. The highest BCUT2D eigenvalue weighted by Crippen LogP contribution is 2.22. The van der Waals surface area contributed by atoms with Crippen LogP contribution >= 0.6 is 0 Å². The summed E-state index contributed by atoms with van der Waals surface area (Å²) in [6.07, 6.45) is 6.32. The number of pyridine rings is 1. The Morgan fingerprint density at radius 1 is 1.29 bits per heavy atom. The Morgan fingerprint density at radius 2 is 2.00 bits per heavy atom. The SMILES string of the molecule is CCC(C)C1CNC(CC(C)C)CN1Cc1ccncc1. The van der Waals surface area contributed by atoms with E-state index in [0.717, 1.165) is 31.5 Å². The molecule has 1 aliphatic rings. The van der Waals surface area contributed by atoms with Crippen molar-refractivity contribution in [2.75, 3.05) is 13.1 Å². The van der Waals surface area contributed by atoms with E-state index < -0.39 is 0 Å². The van der Waals surface area contributed by atoms with Gasteiger partial charge in [-0.15, -0.1) is 0 Å². The summed E-state index contributed by atoms with van der Waals surface area (Å²) in [4.78, 5) is 6.82. The molecule has 3 nitrogen and oxygen atoms in total. The summed E-state index contributed by atoms with van der Waals surface area (Å²) in [6, 6.07) is 5.57. The lowest BCUT2D eigenvalue weighted by Crippen LogP contribution is -2.58. The molecule has 3 heteroatoms. The second kappa shape index (κ2) is 7.90. The number of rotatable bonds is 6. The first-order chi connectivity index (χ1) is 10.1. The number of nitrogens with zero attached hydrogens (tertiary/aromatic N) is 2. The smallest absolute Gasteiger partial charge is 0.0271 e. The molecule has 1 aromatic rings. The average molecular weight is 289 g/mol. The van der Waals surface area contributed by atoms with Crippen LogP contribution in [0, 0.1) is 11.8 Å². The molecule has 1 N–H and O–H groups in total. The van der Waals surface area contributed by atoms with Crippen LogP contribution in [-0.2, 0) is 6.54 Å². The first-order valence-corrected chi connectivity index (χ1v) is 8.46. The summed E-state index contributed by atoms with van der Waals surface area (Å²) in [5.74, 6) is 1.49. The highest BCUT2D eigenvalue weighted by molar-refractivity contribution is 5.10. The first kappa shape index (κ1) is 16.4. The number of nitrogens with one attached hydrogen (secondary N) is 1. The normalized spacial score (nSPS) is 25.2. The van der Waals surface area contributed by atoms with Gasteiger partial charge in [0.25, 0.3) is 0 Å². The maximum atomic E-state index is 4.13. The van der Waals surface area contributed by atoms with Crippen LogP contribution in [0.4, 0.5) is 0 Å². The number of hydrogen-bond acceptors (Lipinski definition) is 3. The van der Waals surface area contributed by atoms with Gasteiger partial charge in [-0.1, -0.05) is 34.1 Å². The maximum absolute atomic E-state index is 4.13. The zero-order chi connectivity index (χ0) is 15.2. The highest BCUT2D eigenvalue weighted by atomic mass is 15.2. The van der Waals surface area contributed by atoms with Gasteiger partial charge in [0.1, 0.15) is 0 Å². The van der Waals surface area contributed by atoms with Crippen molar-refractivity contribution in [3.05, 3.63) is 30.1 Å². The molecule has 118 valence electrons. The van der Waals surface area contributed by atoms with E-state index >= 15 is 0 Å². The summed E-state index contributed by atoms with van der Waals surface area (Å²) in [5.41, 5.74) is 1.38. The van der Waals surface area contributed by atoms with E-state index in [1.54, 1.807) is 0 Å². The van der Waals surface area contributed by atoms with E-state index in [2.05, 4.69) is 55.0 Å². The molecule has 1 saturated heterocycles. The Bertz CT molecular complexity index is 404. The van der Waals surface area contributed by atoms with E-state index in [1.165, 1.54) is 18.4 Å². The molecule has 3 unspecified atom stereocenters. The molecule has 0 bridgehead atoms. The molecule has 0 spiro atoms. The lowest BCUT2D eigenvalue weighted by atomic mass is 9.92. The number of aromatic nitrogens is 1. The molecule has 2 heterocycles. The largest absolute Gasteiger partial charge is 0.311 e. The van der Waals surface area contributed by atoms with E-state index in [9.17, 15) is 0 Å². The van der Waals surface area contributed by atoms with Crippen LogP contribution in [-0.4, -0.2) is 35.1 Å². The minimum absolute atomic E-state index is 0.632. The Hall–Kier alpha value is -0.930. The molecule has 0 saturated carbocycles. The Morgan fingerprint density at radius 3 is 2.62 bits per heavy atom. The Balaban J connectivity index is 2.05. The minimum atomic E-state index is 0.632. The van der Waals surface area contributed by atoms with Crippen molar-refractivity contribution in [1.82, 2.24) is 15.2 Å². The summed E-state index contributed by atoms with van der Waals surface area (Å²) in [6.45, 7) is 12.6. The summed E-state index contributed by atoms with van der Waals surface area (Å²) >= 11 is 0. The van der Waals surface area contributed by atoms with E-state index in [1.807, 2.05) is 12.4 Å². The molecular weight excluding hydrogens is 258 g/mol. The average Bonchev–Trinajstić information content (AvgIpc) is 2.47. The van der Waals surface area contributed by atoms with Crippen molar-refractivity contribution in [1.29, 1.82) is 0 Å². The van der Waals surface area contributed by atoms with Crippen LogP contribution in [0.5, 0.6) is 0 Å². The van der Waals surface area contributed by atoms with Crippen LogP contribution in [0.3, 0.4) is 0 Å². The van der Waals surface area contributed by atoms with Gasteiger partial charge in [0.2, 0.25) is 0 Å². The minimum Gasteiger partial charge on any atom is -0.311 e. The number of piperazine rings is 1. The Labute approximate surface area is 130 Å². The monoisotopic (exact) mass is 289 g/mol. The van der Waals surface area contributed by atoms with Gasteiger partial charge >= 0.3 is 0 Å². The zero-order valence-electron chi connectivity index (χ0n) is 14.0. The maximum Gasteiger partial charge on any atom is 0.0271 e. The van der Waals surface area contributed by atoms with Gasteiger partial charge in [0, 0.05) is 44.1 Å². The van der Waals surface area contributed by atoms with Gasteiger partial charge < -0.3 is 5.32 Å². The van der Waals surface area contributed by atoms with Crippen molar-refractivity contribution in [3.63, 3.8) is 0 Å². The van der Waals surface area contributed by atoms with E-state index in [0.29, 0.717) is 12.1 Å². The second-order valence-electron chi connectivity index (χ2n) is 6.97. The molecular formula is C18H31N3. The van der Waals surface area contributed by atoms with Crippen molar-refractivity contribution in [2.24, 2.45) is 11.8 Å². The highest BCUT2D eigenvalue weighted by Gasteiger charge is 2.30. The van der Waals surface area contributed by atoms with Crippen molar-refractivity contribution in [3.8, 4) is 0 Å². The molecule has 1 fully saturated rings. The molecule has 2 rings (SSSR count). The van der Waals surface area contributed by atoms with Crippen LogP contribution in [0.2, 0.25) is 0 Å². The van der Waals surface area contributed by atoms with Gasteiger partial charge in [0.05, 0.1) is 0 Å². The molecule has 0 aliphatic carbocycles. The fourth-order valence-corrected chi connectivity index (χ4v) is 3.36. The van der Waals surface area contributed by atoms with E-state index in [4.69, 9.17) is 0 Å². The Kier molecular flexibility index (Phi) is 6.19. The van der Waals surface area contributed by atoms with Gasteiger partial charge in [-0.05, 0) is 36.0 Å². The van der Waals surface area contributed by atoms with Gasteiger partial charge in [-0.3, -0.25) is 9.88 Å². The lowest BCUT2D eigenvalue weighted by Gasteiger charge is -2.43. The van der Waals surface area contributed by atoms with Crippen LogP contribution in [0.15, 0.2) is 24.5 Å². The van der Waals surface area contributed by atoms with Crippen LogP contribution in [0.25, 0.3) is 0 Å². The van der Waals surface area contributed by atoms with Crippen LogP contribution in [0.1, 0.15) is 46.1 Å². The second-order valence-corrected chi connectivity index (χ2v) is 6.97. The third kappa shape index (κ3) is 4.79. The molecule has 1 aliphatic heterocycles. The molecule has 1 aromatic heterocycles. The van der Waals surface area contributed by atoms with Gasteiger partial charge in [-0.2, -0.15) is 0 Å². The third-order valence-electron chi connectivity index (χ3n) is 4.73. The zero-order valence-corrected chi connectivity index (χ0v) is 14.0. The quantitative estimate of drug-likeness (QED) is 0.871. The summed E-state index contributed by atoms with van der Waals surface area (Å²) in [5, 5.41) is 3.78. The molecule has 0 aromatic carbocycles. The van der Waals surface area contributed by atoms with Gasteiger partial charge in [-0.25, -0.2) is 0 Å². The van der Waals surface area contributed by atoms with Crippen LogP contribution < -0.4 is 5.32 Å². The van der Waals surface area contributed by atoms with Crippen molar-refractivity contribution >= 4 is 0 Å². The van der Waals surface area contributed by atoms with Gasteiger partial charge in [0.15, 0.2) is 0 Å². The summed E-state index contributed by atoms with van der Waals surface area (Å²) in [7, 11) is 0. The lowest BCUT2D eigenvalue weighted by molar-refractivity contribution is 0.0787. The number of hydrogen-bond donors (Lipinski definition) is 1. The topological polar surface area (TPSA) is 28.2 Å². The first-order valence-electron chi connectivity index (χ1n) is 8.46. The van der Waals surface area contributed by atoms with Crippen molar-refractivity contribution in [2.45, 2.75) is 59.2 Å². The van der Waals surface area contributed by atoms with E-state index in [-0.39, 0.29) is 0 Å². The third-order valence-corrected chi connectivity index (χ3v) is 4.73. The predicted molar refractivity (Wildman–Crippen MR) is 89.1 cm³/mol. The molecule has 0 radical (unpaired) electrons. The fraction of sp³-hybridized carbons (Fsp3) is 0.722. The van der Waals surface area contributed by atoms with Crippen molar-refractivity contribution < 1.29 is 0 Å². The molecule has 21 heavy (non-hydrogen) atoms. The fourth-order valence-electron chi connectivity index (χ4n) is 3.36. The molecule has 3 atom stereocenters.